The zero-order valence-corrected chi connectivity index (χ0v) is 11.9. The first-order valence-corrected chi connectivity index (χ1v) is 7.50. The minimum absolute atomic E-state index is 0.0441. The summed E-state index contributed by atoms with van der Waals surface area (Å²) >= 11 is 0. The van der Waals surface area contributed by atoms with Gasteiger partial charge in [0.05, 0.1) is 0 Å². The zero-order chi connectivity index (χ0) is 13.7. The van der Waals surface area contributed by atoms with Crippen LogP contribution >= 0.6 is 0 Å². The molecule has 2 N–H and O–H groups in total. The largest absolute Gasteiger partial charge is 0.371 e. The molecule has 1 unspecified atom stereocenters. The van der Waals surface area contributed by atoms with Crippen molar-refractivity contribution in [2.75, 3.05) is 18.0 Å². The fraction of sp³-hybridized carbons (Fsp3) is 0.625. The van der Waals surface area contributed by atoms with Gasteiger partial charge in [-0.2, -0.15) is 0 Å². The highest BCUT2D eigenvalue weighted by Gasteiger charge is 2.17. The van der Waals surface area contributed by atoms with E-state index in [0.717, 1.165) is 30.8 Å². The Balaban J connectivity index is 2.24. The molecule has 1 aliphatic heterocycles. The van der Waals surface area contributed by atoms with E-state index in [2.05, 4.69) is 11.8 Å². The number of anilines is 1. The molecule has 2 rings (SSSR count). The lowest BCUT2D eigenvalue weighted by atomic mass is 10.0. The molecule has 3 heteroatoms. The van der Waals surface area contributed by atoms with Crippen LogP contribution < -0.4 is 10.6 Å². The van der Waals surface area contributed by atoms with E-state index in [0.29, 0.717) is 6.42 Å². The molecule has 0 aromatic heterocycles. The summed E-state index contributed by atoms with van der Waals surface area (Å²) in [5, 5.41) is 0. The molecular weight excluding hydrogens is 239 g/mol. The van der Waals surface area contributed by atoms with Crippen molar-refractivity contribution in [2.24, 2.45) is 5.73 Å². The lowest BCUT2D eigenvalue weighted by molar-refractivity contribution is 0.576. The summed E-state index contributed by atoms with van der Waals surface area (Å²) in [5.41, 5.74) is 7.88. The Kier molecular flexibility index (Phi) is 5.20. The van der Waals surface area contributed by atoms with Crippen LogP contribution in [0.25, 0.3) is 0 Å². The minimum atomic E-state index is -0.106. The van der Waals surface area contributed by atoms with Crippen molar-refractivity contribution < 1.29 is 4.39 Å². The van der Waals surface area contributed by atoms with Crippen LogP contribution in [0.15, 0.2) is 18.2 Å². The maximum absolute atomic E-state index is 14.1. The van der Waals surface area contributed by atoms with Crippen LogP contribution in [0.2, 0.25) is 0 Å². The Hall–Kier alpha value is -1.09. The number of hydrogen-bond donors (Lipinski definition) is 1. The van der Waals surface area contributed by atoms with Gasteiger partial charge in [-0.05, 0) is 37.8 Å². The SMILES string of the molecule is CCC(N)Cc1c(F)cccc1N1CCCCCC1. The average molecular weight is 264 g/mol. The van der Waals surface area contributed by atoms with Crippen molar-refractivity contribution in [2.45, 2.75) is 51.5 Å². The van der Waals surface area contributed by atoms with E-state index in [1.165, 1.54) is 25.7 Å². The summed E-state index contributed by atoms with van der Waals surface area (Å²) < 4.78 is 14.1. The molecule has 0 radical (unpaired) electrons. The highest BCUT2D eigenvalue weighted by Crippen LogP contribution is 2.27. The van der Waals surface area contributed by atoms with E-state index in [4.69, 9.17) is 5.73 Å². The molecule has 1 fully saturated rings. The minimum Gasteiger partial charge on any atom is -0.371 e. The summed E-state index contributed by atoms with van der Waals surface area (Å²) in [6, 6.07) is 5.46. The summed E-state index contributed by atoms with van der Waals surface area (Å²) in [6.45, 7) is 4.13. The van der Waals surface area contributed by atoms with Gasteiger partial charge in [0.2, 0.25) is 0 Å². The Labute approximate surface area is 115 Å². The normalized spacial score (nSPS) is 18.2. The van der Waals surface area contributed by atoms with Gasteiger partial charge >= 0.3 is 0 Å². The van der Waals surface area contributed by atoms with Crippen LogP contribution in [-0.2, 0) is 6.42 Å². The number of nitrogens with two attached hydrogens (primary N) is 1. The van der Waals surface area contributed by atoms with E-state index in [1.807, 2.05) is 12.1 Å². The molecule has 0 saturated carbocycles. The Morgan fingerprint density at radius 1 is 1.21 bits per heavy atom. The van der Waals surface area contributed by atoms with Crippen LogP contribution in [0.5, 0.6) is 0 Å². The van der Waals surface area contributed by atoms with Crippen molar-refractivity contribution in [1.82, 2.24) is 0 Å². The second kappa shape index (κ2) is 6.90. The Morgan fingerprint density at radius 2 is 1.89 bits per heavy atom. The smallest absolute Gasteiger partial charge is 0.128 e. The number of hydrogen-bond acceptors (Lipinski definition) is 2. The van der Waals surface area contributed by atoms with E-state index in [-0.39, 0.29) is 11.9 Å². The highest BCUT2D eigenvalue weighted by molar-refractivity contribution is 5.54. The summed E-state index contributed by atoms with van der Waals surface area (Å²) in [7, 11) is 0. The van der Waals surface area contributed by atoms with Crippen molar-refractivity contribution in [3.05, 3.63) is 29.6 Å². The summed E-state index contributed by atoms with van der Waals surface area (Å²) in [6.07, 6.45) is 6.50. The average Bonchev–Trinajstić information content (AvgIpc) is 2.69. The molecule has 1 atom stereocenters. The fourth-order valence-corrected chi connectivity index (χ4v) is 2.76. The molecule has 1 heterocycles. The zero-order valence-electron chi connectivity index (χ0n) is 11.9. The third-order valence-electron chi connectivity index (χ3n) is 4.03. The Morgan fingerprint density at radius 3 is 2.53 bits per heavy atom. The molecule has 1 aliphatic rings. The Bertz CT molecular complexity index is 398. The van der Waals surface area contributed by atoms with Crippen LogP contribution in [-0.4, -0.2) is 19.1 Å². The first kappa shape index (κ1) is 14.3. The van der Waals surface area contributed by atoms with E-state index >= 15 is 0 Å². The van der Waals surface area contributed by atoms with Gasteiger partial charge in [0.15, 0.2) is 0 Å². The van der Waals surface area contributed by atoms with Gasteiger partial charge in [-0.25, -0.2) is 4.39 Å². The van der Waals surface area contributed by atoms with Crippen LogP contribution in [0.3, 0.4) is 0 Å². The lowest BCUT2D eigenvalue weighted by Gasteiger charge is -2.26. The molecule has 106 valence electrons. The topological polar surface area (TPSA) is 29.3 Å². The standard InChI is InChI=1S/C16H25FN2/c1-2-13(18)12-14-15(17)8-7-9-16(14)19-10-5-3-4-6-11-19/h7-9,13H,2-6,10-12,18H2,1H3. The number of benzene rings is 1. The van der Waals surface area contributed by atoms with Crippen molar-refractivity contribution >= 4 is 5.69 Å². The quantitative estimate of drug-likeness (QED) is 0.902. The number of nitrogens with zero attached hydrogens (tertiary/aromatic N) is 1. The monoisotopic (exact) mass is 264 g/mol. The van der Waals surface area contributed by atoms with Gasteiger partial charge in [-0.3, -0.25) is 0 Å². The predicted molar refractivity (Wildman–Crippen MR) is 79.1 cm³/mol. The molecule has 0 amide bonds. The van der Waals surface area contributed by atoms with Gasteiger partial charge in [0.25, 0.3) is 0 Å². The lowest BCUT2D eigenvalue weighted by Crippen LogP contribution is -2.28. The second-order valence-electron chi connectivity index (χ2n) is 5.51. The van der Waals surface area contributed by atoms with Crippen molar-refractivity contribution in [1.29, 1.82) is 0 Å². The maximum Gasteiger partial charge on any atom is 0.128 e. The van der Waals surface area contributed by atoms with Gasteiger partial charge in [-0.15, -0.1) is 0 Å². The van der Waals surface area contributed by atoms with Crippen LogP contribution in [0.4, 0.5) is 10.1 Å². The summed E-state index contributed by atoms with van der Waals surface area (Å²) in [4.78, 5) is 2.34. The maximum atomic E-state index is 14.1. The van der Waals surface area contributed by atoms with E-state index < -0.39 is 0 Å². The molecule has 1 aromatic rings. The highest BCUT2D eigenvalue weighted by atomic mass is 19.1. The molecular formula is C16H25FN2. The predicted octanol–water partition coefficient (Wildman–Crippen LogP) is 3.49. The molecule has 2 nitrogen and oxygen atoms in total. The van der Waals surface area contributed by atoms with Crippen LogP contribution in [0.1, 0.15) is 44.6 Å². The molecule has 1 aromatic carbocycles. The first-order chi connectivity index (χ1) is 9.22. The number of rotatable bonds is 4. The summed E-state index contributed by atoms with van der Waals surface area (Å²) in [5.74, 6) is -0.106. The van der Waals surface area contributed by atoms with Gasteiger partial charge < -0.3 is 10.6 Å². The fourth-order valence-electron chi connectivity index (χ4n) is 2.76. The van der Waals surface area contributed by atoms with Gasteiger partial charge in [0.1, 0.15) is 5.82 Å². The number of halogens is 1. The van der Waals surface area contributed by atoms with Crippen LogP contribution in [0, 0.1) is 5.82 Å². The van der Waals surface area contributed by atoms with Crippen molar-refractivity contribution in [3.63, 3.8) is 0 Å². The van der Waals surface area contributed by atoms with E-state index in [1.54, 1.807) is 6.07 Å². The molecule has 1 saturated heterocycles. The van der Waals surface area contributed by atoms with E-state index in [9.17, 15) is 4.39 Å². The molecule has 19 heavy (non-hydrogen) atoms. The van der Waals surface area contributed by atoms with Gasteiger partial charge in [-0.1, -0.05) is 25.8 Å². The molecule has 0 aliphatic carbocycles. The third-order valence-corrected chi connectivity index (χ3v) is 4.03. The molecule has 0 spiro atoms. The third kappa shape index (κ3) is 3.69. The molecule has 0 bridgehead atoms. The van der Waals surface area contributed by atoms with Crippen molar-refractivity contribution in [3.8, 4) is 0 Å². The van der Waals surface area contributed by atoms with Gasteiger partial charge in [0, 0.05) is 30.4 Å². The first-order valence-electron chi connectivity index (χ1n) is 7.50. The second-order valence-corrected chi connectivity index (χ2v) is 5.51.